The number of carbonyl (C=O) groups excluding carboxylic acids is 3. The van der Waals surface area contributed by atoms with E-state index in [2.05, 4.69) is 15.4 Å². The number of aryl methyl sites for hydroxylation is 2. The van der Waals surface area contributed by atoms with Gasteiger partial charge in [0.1, 0.15) is 0 Å². The molecule has 0 aromatic heterocycles. The molecule has 0 radical (unpaired) electrons. The molecule has 112 valence electrons. The average Bonchev–Trinajstić information content (AvgIpc) is 2.44. The van der Waals surface area contributed by atoms with Gasteiger partial charge >= 0.3 is 5.97 Å². The Kier molecular flexibility index (Phi) is 4.57. The van der Waals surface area contributed by atoms with Gasteiger partial charge in [-0.2, -0.15) is 0 Å². The summed E-state index contributed by atoms with van der Waals surface area (Å²) in [4.78, 5) is 34.0. The number of ether oxygens (including phenoxy) is 1. The smallest absolute Gasteiger partial charge is 0.305 e. The zero-order valence-corrected chi connectivity index (χ0v) is 12.1. The molecule has 2 amide bonds. The Morgan fingerprint density at radius 2 is 2.10 bits per heavy atom. The van der Waals surface area contributed by atoms with E-state index in [0.717, 1.165) is 16.8 Å². The summed E-state index contributed by atoms with van der Waals surface area (Å²) in [6.07, 6.45) is 1.83. The lowest BCUT2D eigenvalue weighted by atomic mass is 9.96. The molecule has 1 aliphatic heterocycles. The third-order valence-electron chi connectivity index (χ3n) is 3.36. The SMILES string of the molecule is COC(=O)CCc1cc2c(cc1NC(C)=O)NC(=O)CC2. The van der Waals surface area contributed by atoms with Crippen molar-refractivity contribution in [2.45, 2.75) is 32.6 Å². The Hall–Kier alpha value is -2.37. The zero-order valence-electron chi connectivity index (χ0n) is 12.1. The highest BCUT2D eigenvalue weighted by Gasteiger charge is 2.18. The minimum atomic E-state index is -0.296. The molecule has 1 heterocycles. The number of esters is 1. The molecule has 0 saturated carbocycles. The largest absolute Gasteiger partial charge is 0.469 e. The second-order valence-corrected chi connectivity index (χ2v) is 4.97. The maximum absolute atomic E-state index is 11.4. The van der Waals surface area contributed by atoms with Crippen LogP contribution in [-0.2, 0) is 32.0 Å². The summed E-state index contributed by atoms with van der Waals surface area (Å²) in [6, 6.07) is 3.68. The van der Waals surface area contributed by atoms with Crippen LogP contribution in [0, 0.1) is 0 Å². The molecule has 0 fully saturated rings. The normalized spacial score (nSPS) is 13.1. The third kappa shape index (κ3) is 3.81. The molecule has 0 aliphatic carbocycles. The van der Waals surface area contributed by atoms with Crippen molar-refractivity contribution in [3.05, 3.63) is 23.3 Å². The topological polar surface area (TPSA) is 84.5 Å². The van der Waals surface area contributed by atoms with E-state index >= 15 is 0 Å². The van der Waals surface area contributed by atoms with E-state index in [-0.39, 0.29) is 24.2 Å². The minimum absolute atomic E-state index is 0.0291. The molecular weight excluding hydrogens is 272 g/mol. The number of methoxy groups -OCH3 is 1. The van der Waals surface area contributed by atoms with E-state index in [1.54, 1.807) is 6.07 Å². The fraction of sp³-hybridized carbons (Fsp3) is 0.400. The molecule has 2 N–H and O–H groups in total. The van der Waals surface area contributed by atoms with Gasteiger partial charge in [-0.05, 0) is 30.0 Å². The Balaban J connectivity index is 2.29. The number of hydrogen-bond donors (Lipinski definition) is 2. The molecule has 1 aliphatic rings. The number of nitrogens with one attached hydrogen (secondary N) is 2. The number of carbonyl (C=O) groups is 3. The van der Waals surface area contributed by atoms with Crippen molar-refractivity contribution in [3.63, 3.8) is 0 Å². The second-order valence-electron chi connectivity index (χ2n) is 4.97. The number of hydrogen-bond acceptors (Lipinski definition) is 4. The fourth-order valence-electron chi connectivity index (χ4n) is 2.33. The highest BCUT2D eigenvalue weighted by Crippen LogP contribution is 2.30. The van der Waals surface area contributed by atoms with Crippen LogP contribution in [0.4, 0.5) is 11.4 Å². The lowest BCUT2D eigenvalue weighted by Gasteiger charge is -2.20. The number of fused-ring (bicyclic) bond motifs is 1. The summed E-state index contributed by atoms with van der Waals surface area (Å²) < 4.78 is 4.64. The van der Waals surface area contributed by atoms with Crippen molar-refractivity contribution >= 4 is 29.2 Å². The zero-order chi connectivity index (χ0) is 15.4. The molecular formula is C15H18N2O4. The molecule has 0 saturated heterocycles. The molecule has 6 heteroatoms. The van der Waals surface area contributed by atoms with Crippen molar-refractivity contribution in [1.82, 2.24) is 0 Å². The monoisotopic (exact) mass is 290 g/mol. The predicted octanol–water partition coefficient (Wildman–Crippen LogP) is 1.64. The van der Waals surface area contributed by atoms with Crippen LogP contribution >= 0.6 is 0 Å². The van der Waals surface area contributed by atoms with Gasteiger partial charge in [0.2, 0.25) is 11.8 Å². The lowest BCUT2D eigenvalue weighted by Crippen LogP contribution is -2.20. The van der Waals surface area contributed by atoms with Gasteiger partial charge in [-0.1, -0.05) is 6.07 Å². The number of anilines is 2. The van der Waals surface area contributed by atoms with E-state index in [4.69, 9.17) is 0 Å². The van der Waals surface area contributed by atoms with E-state index in [1.807, 2.05) is 6.07 Å². The summed E-state index contributed by atoms with van der Waals surface area (Å²) in [7, 11) is 1.35. The maximum Gasteiger partial charge on any atom is 0.305 e. The number of benzene rings is 1. The average molecular weight is 290 g/mol. The van der Waals surface area contributed by atoms with Gasteiger partial charge in [-0.3, -0.25) is 14.4 Å². The van der Waals surface area contributed by atoms with Gasteiger partial charge in [-0.15, -0.1) is 0 Å². The number of amides is 2. The molecule has 0 spiro atoms. The summed E-state index contributed by atoms with van der Waals surface area (Å²) in [5.74, 6) is -0.523. The van der Waals surface area contributed by atoms with E-state index in [1.165, 1.54) is 14.0 Å². The first-order chi connectivity index (χ1) is 9.99. The van der Waals surface area contributed by atoms with E-state index in [0.29, 0.717) is 24.9 Å². The molecule has 0 atom stereocenters. The number of rotatable bonds is 4. The van der Waals surface area contributed by atoms with Crippen LogP contribution in [0.3, 0.4) is 0 Å². The van der Waals surface area contributed by atoms with Crippen LogP contribution in [0.15, 0.2) is 12.1 Å². The van der Waals surface area contributed by atoms with Crippen molar-refractivity contribution < 1.29 is 19.1 Å². The third-order valence-corrected chi connectivity index (χ3v) is 3.36. The molecule has 1 aromatic carbocycles. The van der Waals surface area contributed by atoms with Crippen molar-refractivity contribution in [2.24, 2.45) is 0 Å². The molecule has 2 rings (SSSR count). The summed E-state index contributed by atoms with van der Waals surface area (Å²) >= 11 is 0. The van der Waals surface area contributed by atoms with Gasteiger partial charge in [0.05, 0.1) is 7.11 Å². The summed E-state index contributed by atoms with van der Waals surface area (Å²) in [5.41, 5.74) is 3.22. The molecule has 6 nitrogen and oxygen atoms in total. The predicted molar refractivity (Wildman–Crippen MR) is 78.0 cm³/mol. The molecule has 1 aromatic rings. The Labute approximate surface area is 122 Å². The van der Waals surface area contributed by atoms with Gasteiger partial charge in [-0.25, -0.2) is 0 Å². The first-order valence-electron chi connectivity index (χ1n) is 6.79. The van der Waals surface area contributed by atoms with Crippen LogP contribution in [-0.4, -0.2) is 24.9 Å². The van der Waals surface area contributed by atoms with Crippen molar-refractivity contribution in [2.75, 3.05) is 17.7 Å². The van der Waals surface area contributed by atoms with Gasteiger partial charge in [0.15, 0.2) is 0 Å². The molecule has 21 heavy (non-hydrogen) atoms. The summed E-state index contributed by atoms with van der Waals surface area (Å²) in [5, 5.41) is 5.53. The maximum atomic E-state index is 11.4. The van der Waals surface area contributed by atoms with Crippen LogP contribution in [0.5, 0.6) is 0 Å². The van der Waals surface area contributed by atoms with Crippen LogP contribution in [0.25, 0.3) is 0 Å². The quantitative estimate of drug-likeness (QED) is 0.825. The van der Waals surface area contributed by atoms with Gasteiger partial charge in [0, 0.05) is 31.1 Å². The van der Waals surface area contributed by atoms with Gasteiger partial charge < -0.3 is 15.4 Å². The van der Waals surface area contributed by atoms with Crippen LogP contribution < -0.4 is 10.6 Å². The Morgan fingerprint density at radius 3 is 2.76 bits per heavy atom. The van der Waals surface area contributed by atoms with Crippen LogP contribution in [0.1, 0.15) is 30.9 Å². The summed E-state index contributed by atoms with van der Waals surface area (Å²) in [6.45, 7) is 1.42. The molecule has 0 unspecified atom stereocenters. The Bertz CT molecular complexity index is 596. The molecule has 0 bridgehead atoms. The minimum Gasteiger partial charge on any atom is -0.469 e. The first kappa shape index (κ1) is 15.0. The fourth-order valence-corrected chi connectivity index (χ4v) is 2.33. The van der Waals surface area contributed by atoms with E-state index in [9.17, 15) is 14.4 Å². The second kappa shape index (κ2) is 6.39. The van der Waals surface area contributed by atoms with Crippen molar-refractivity contribution in [3.8, 4) is 0 Å². The van der Waals surface area contributed by atoms with Crippen LogP contribution in [0.2, 0.25) is 0 Å². The highest BCUT2D eigenvalue weighted by molar-refractivity contribution is 5.96. The highest BCUT2D eigenvalue weighted by atomic mass is 16.5. The first-order valence-corrected chi connectivity index (χ1v) is 6.79. The van der Waals surface area contributed by atoms with Crippen molar-refractivity contribution in [1.29, 1.82) is 0 Å². The van der Waals surface area contributed by atoms with E-state index < -0.39 is 0 Å². The van der Waals surface area contributed by atoms with Gasteiger partial charge in [0.25, 0.3) is 0 Å². The lowest BCUT2D eigenvalue weighted by molar-refractivity contribution is -0.140. The standard InChI is InChI=1S/C15H18N2O4/c1-9(18)16-12-8-13-10(3-5-14(19)17-13)7-11(12)4-6-15(20)21-2/h7-8H,3-6H2,1-2H3,(H,16,18)(H,17,19). The Morgan fingerprint density at radius 1 is 1.33 bits per heavy atom.